The lowest BCUT2D eigenvalue weighted by Crippen LogP contribution is -2.14. The molecule has 0 aromatic carbocycles. The lowest BCUT2D eigenvalue weighted by atomic mass is 9.99. The van der Waals surface area contributed by atoms with E-state index in [0.29, 0.717) is 0 Å². The minimum absolute atomic E-state index is 0.0598. The second-order valence-corrected chi connectivity index (χ2v) is 3.20. The van der Waals surface area contributed by atoms with Crippen LogP contribution in [0.1, 0.15) is 46.0 Å². The van der Waals surface area contributed by atoms with Crippen molar-refractivity contribution in [1.82, 2.24) is 0 Å². The minimum atomic E-state index is -0.131. The summed E-state index contributed by atoms with van der Waals surface area (Å²) in [6, 6.07) is 0. The Bertz CT molecular complexity index is 152. The molecule has 76 valence electrons. The monoisotopic (exact) mass is 184 g/mol. The summed E-state index contributed by atoms with van der Waals surface area (Å²) >= 11 is 0. The summed E-state index contributed by atoms with van der Waals surface area (Å²) in [7, 11) is 0. The van der Waals surface area contributed by atoms with Crippen LogP contribution in [0.25, 0.3) is 0 Å². The van der Waals surface area contributed by atoms with Crippen molar-refractivity contribution in [3.63, 3.8) is 0 Å². The highest BCUT2D eigenvalue weighted by atomic mass is 16.5. The number of esters is 1. The van der Waals surface area contributed by atoms with Gasteiger partial charge in [0.15, 0.2) is 0 Å². The number of rotatable bonds is 7. The fourth-order valence-corrected chi connectivity index (χ4v) is 1.31. The Morgan fingerprint density at radius 3 is 2.62 bits per heavy atom. The molecule has 0 saturated carbocycles. The highest BCUT2D eigenvalue weighted by Gasteiger charge is 2.16. The van der Waals surface area contributed by atoms with Crippen molar-refractivity contribution >= 4 is 5.97 Å². The fraction of sp³-hybridized carbons (Fsp3) is 0.727. The molecule has 0 saturated heterocycles. The molecule has 2 heteroatoms. The summed E-state index contributed by atoms with van der Waals surface area (Å²) in [6.07, 6.45) is 6.50. The molecule has 0 heterocycles. The lowest BCUT2D eigenvalue weighted by molar-refractivity contribution is -0.143. The summed E-state index contributed by atoms with van der Waals surface area (Å²) in [6.45, 7) is 7.54. The maximum absolute atomic E-state index is 11.3. The standard InChI is InChI=1S/C11H20O2/c1-4-7-8-9-10(5-2)11(12)13-6-3/h6,10H,3-5,7-9H2,1-2H3. The van der Waals surface area contributed by atoms with Gasteiger partial charge in [0.2, 0.25) is 0 Å². The van der Waals surface area contributed by atoms with Crippen molar-refractivity contribution in [3.05, 3.63) is 12.8 Å². The number of unbranched alkanes of at least 4 members (excludes halogenated alkanes) is 2. The van der Waals surface area contributed by atoms with E-state index in [2.05, 4.69) is 13.5 Å². The van der Waals surface area contributed by atoms with Gasteiger partial charge in [-0.3, -0.25) is 4.79 Å². The maximum Gasteiger partial charge on any atom is 0.313 e. The van der Waals surface area contributed by atoms with E-state index in [1.54, 1.807) is 0 Å². The van der Waals surface area contributed by atoms with Crippen molar-refractivity contribution in [3.8, 4) is 0 Å². The largest absolute Gasteiger partial charge is 0.435 e. The van der Waals surface area contributed by atoms with Crippen molar-refractivity contribution in [1.29, 1.82) is 0 Å². The van der Waals surface area contributed by atoms with E-state index in [9.17, 15) is 4.79 Å². The van der Waals surface area contributed by atoms with Gasteiger partial charge >= 0.3 is 5.97 Å². The predicted molar refractivity (Wildman–Crippen MR) is 54.2 cm³/mol. The van der Waals surface area contributed by atoms with E-state index in [0.717, 1.165) is 19.3 Å². The van der Waals surface area contributed by atoms with Gasteiger partial charge in [0, 0.05) is 0 Å². The van der Waals surface area contributed by atoms with Gasteiger partial charge in [0.05, 0.1) is 12.2 Å². The Labute approximate surface area is 81.0 Å². The average molecular weight is 184 g/mol. The van der Waals surface area contributed by atoms with Crippen LogP contribution in [0.15, 0.2) is 12.8 Å². The van der Waals surface area contributed by atoms with Gasteiger partial charge in [0.25, 0.3) is 0 Å². The highest BCUT2D eigenvalue weighted by molar-refractivity contribution is 5.72. The second-order valence-electron chi connectivity index (χ2n) is 3.20. The third kappa shape index (κ3) is 5.45. The van der Waals surface area contributed by atoms with Crippen LogP contribution in [0.4, 0.5) is 0 Å². The molecule has 0 rings (SSSR count). The Kier molecular flexibility index (Phi) is 7.36. The molecule has 0 amide bonds. The van der Waals surface area contributed by atoms with Crippen LogP contribution in [0.2, 0.25) is 0 Å². The van der Waals surface area contributed by atoms with Gasteiger partial charge in [-0.25, -0.2) is 0 Å². The molecule has 0 bridgehead atoms. The molecule has 1 atom stereocenters. The van der Waals surface area contributed by atoms with Gasteiger partial charge < -0.3 is 4.74 Å². The van der Waals surface area contributed by atoms with Gasteiger partial charge in [-0.05, 0) is 12.8 Å². The molecule has 0 fully saturated rings. The van der Waals surface area contributed by atoms with Crippen LogP contribution in [0, 0.1) is 5.92 Å². The highest BCUT2D eigenvalue weighted by Crippen LogP contribution is 2.15. The SMILES string of the molecule is C=COC(=O)C(CC)CCCCC. The maximum atomic E-state index is 11.3. The average Bonchev–Trinajstić information content (AvgIpc) is 2.13. The van der Waals surface area contributed by atoms with Crippen molar-refractivity contribution in [2.24, 2.45) is 5.92 Å². The molecule has 0 N–H and O–H groups in total. The Hall–Kier alpha value is -0.790. The summed E-state index contributed by atoms with van der Waals surface area (Å²) in [5.41, 5.74) is 0. The summed E-state index contributed by atoms with van der Waals surface area (Å²) in [5.74, 6) is -0.0712. The smallest absolute Gasteiger partial charge is 0.313 e. The Morgan fingerprint density at radius 2 is 2.15 bits per heavy atom. The normalized spacial score (nSPS) is 12.2. The Morgan fingerprint density at radius 1 is 1.46 bits per heavy atom. The van der Waals surface area contributed by atoms with E-state index in [-0.39, 0.29) is 11.9 Å². The first-order valence-electron chi connectivity index (χ1n) is 5.07. The molecular weight excluding hydrogens is 164 g/mol. The van der Waals surface area contributed by atoms with Crippen molar-refractivity contribution in [2.75, 3.05) is 0 Å². The first-order valence-corrected chi connectivity index (χ1v) is 5.07. The molecule has 13 heavy (non-hydrogen) atoms. The van der Waals surface area contributed by atoms with Crippen LogP contribution in [0.3, 0.4) is 0 Å². The van der Waals surface area contributed by atoms with E-state index in [1.165, 1.54) is 19.1 Å². The summed E-state index contributed by atoms with van der Waals surface area (Å²) in [4.78, 5) is 11.3. The molecule has 0 aromatic heterocycles. The van der Waals surface area contributed by atoms with Crippen LogP contribution in [-0.2, 0) is 9.53 Å². The van der Waals surface area contributed by atoms with Gasteiger partial charge in [-0.15, -0.1) is 0 Å². The number of carbonyl (C=O) groups is 1. The summed E-state index contributed by atoms with van der Waals surface area (Å²) in [5, 5.41) is 0. The Balaban J connectivity index is 3.73. The first-order chi connectivity index (χ1) is 6.26. The zero-order valence-corrected chi connectivity index (χ0v) is 8.71. The number of ether oxygens (including phenoxy) is 1. The van der Waals surface area contributed by atoms with Crippen LogP contribution < -0.4 is 0 Å². The molecule has 0 aromatic rings. The van der Waals surface area contributed by atoms with Crippen LogP contribution in [-0.4, -0.2) is 5.97 Å². The minimum Gasteiger partial charge on any atom is -0.435 e. The van der Waals surface area contributed by atoms with Crippen molar-refractivity contribution in [2.45, 2.75) is 46.0 Å². The van der Waals surface area contributed by atoms with Gasteiger partial charge in [0.1, 0.15) is 0 Å². The van der Waals surface area contributed by atoms with E-state index in [4.69, 9.17) is 4.74 Å². The predicted octanol–water partition coefficient (Wildman–Crippen LogP) is 3.28. The van der Waals surface area contributed by atoms with Crippen molar-refractivity contribution < 1.29 is 9.53 Å². The summed E-state index contributed by atoms with van der Waals surface area (Å²) < 4.78 is 4.75. The number of carbonyl (C=O) groups excluding carboxylic acids is 1. The number of hydrogen-bond donors (Lipinski definition) is 0. The molecule has 0 aliphatic carbocycles. The van der Waals surface area contributed by atoms with Crippen LogP contribution in [0.5, 0.6) is 0 Å². The zero-order valence-electron chi connectivity index (χ0n) is 8.71. The molecule has 2 nitrogen and oxygen atoms in total. The third-order valence-electron chi connectivity index (χ3n) is 2.18. The molecule has 0 spiro atoms. The quantitative estimate of drug-likeness (QED) is 0.345. The third-order valence-corrected chi connectivity index (χ3v) is 2.18. The van der Waals surface area contributed by atoms with Gasteiger partial charge in [-0.2, -0.15) is 0 Å². The topological polar surface area (TPSA) is 26.3 Å². The second kappa shape index (κ2) is 7.84. The molecular formula is C11H20O2. The zero-order chi connectivity index (χ0) is 10.1. The van der Waals surface area contributed by atoms with Gasteiger partial charge in [-0.1, -0.05) is 39.7 Å². The lowest BCUT2D eigenvalue weighted by Gasteiger charge is -2.11. The fourth-order valence-electron chi connectivity index (χ4n) is 1.31. The molecule has 1 unspecified atom stereocenters. The number of hydrogen-bond acceptors (Lipinski definition) is 2. The molecule has 0 radical (unpaired) electrons. The molecule has 0 aliphatic heterocycles. The molecule has 0 aliphatic rings. The van der Waals surface area contributed by atoms with Crippen LogP contribution >= 0.6 is 0 Å². The van der Waals surface area contributed by atoms with E-state index < -0.39 is 0 Å². The van der Waals surface area contributed by atoms with E-state index in [1.807, 2.05) is 6.92 Å². The first kappa shape index (κ1) is 12.2. The van der Waals surface area contributed by atoms with E-state index >= 15 is 0 Å².